The van der Waals surface area contributed by atoms with Gasteiger partial charge in [-0.2, -0.15) is 0 Å². The van der Waals surface area contributed by atoms with Crippen LogP contribution in [0.5, 0.6) is 0 Å². The summed E-state index contributed by atoms with van der Waals surface area (Å²) in [5.74, 6) is -1.86. The number of benzene rings is 2. The number of hydrogen-bond acceptors (Lipinski definition) is 5. The van der Waals surface area contributed by atoms with Crippen LogP contribution < -0.4 is 5.32 Å². The van der Waals surface area contributed by atoms with E-state index in [4.69, 9.17) is 4.74 Å². The number of nitrogens with one attached hydrogen (secondary N) is 1. The Morgan fingerprint density at radius 1 is 1.24 bits per heavy atom. The number of ether oxygens (including phenoxy) is 1. The van der Waals surface area contributed by atoms with Crippen LogP contribution in [0.25, 0.3) is 0 Å². The molecule has 3 atom stereocenters. The van der Waals surface area contributed by atoms with Crippen LogP contribution in [-0.4, -0.2) is 41.3 Å². The van der Waals surface area contributed by atoms with Crippen molar-refractivity contribution in [3.8, 4) is 0 Å². The van der Waals surface area contributed by atoms with E-state index in [9.17, 15) is 18.7 Å². The van der Waals surface area contributed by atoms with Crippen molar-refractivity contribution in [1.29, 1.82) is 0 Å². The summed E-state index contributed by atoms with van der Waals surface area (Å²) in [7, 11) is 0. The van der Waals surface area contributed by atoms with Gasteiger partial charge in [-0.25, -0.2) is 13.8 Å². The molecule has 2 bridgehead atoms. The first-order chi connectivity index (χ1) is 14.0. The lowest BCUT2D eigenvalue weighted by atomic mass is 9.78. The number of aliphatic hydroxyl groups excluding tert-OH is 1. The van der Waals surface area contributed by atoms with Gasteiger partial charge in [0.1, 0.15) is 5.54 Å². The molecular weight excluding hydrogens is 398 g/mol. The van der Waals surface area contributed by atoms with E-state index in [1.165, 1.54) is 23.9 Å². The van der Waals surface area contributed by atoms with E-state index in [1.807, 2.05) is 6.07 Å². The van der Waals surface area contributed by atoms with E-state index >= 15 is 0 Å². The molecule has 0 spiro atoms. The number of thioether (sulfide) groups is 1. The van der Waals surface area contributed by atoms with Crippen molar-refractivity contribution in [1.82, 2.24) is 5.32 Å². The molecule has 4 rings (SSSR count). The normalized spacial score (nSPS) is 26.4. The number of halogens is 2. The number of aliphatic hydroxyl groups is 1. The Morgan fingerprint density at radius 3 is 2.79 bits per heavy atom. The number of fused-ring (bicyclic) bond motifs is 2. The number of rotatable bonds is 3. The monoisotopic (exact) mass is 418 g/mol. The van der Waals surface area contributed by atoms with Crippen molar-refractivity contribution in [2.24, 2.45) is 10.9 Å². The van der Waals surface area contributed by atoms with E-state index in [2.05, 4.69) is 10.3 Å². The average molecular weight is 418 g/mol. The summed E-state index contributed by atoms with van der Waals surface area (Å²) in [6.07, 6.45) is -0.0253. The largest absolute Gasteiger partial charge is 0.394 e. The van der Waals surface area contributed by atoms with Crippen molar-refractivity contribution in [2.75, 3.05) is 19.0 Å². The van der Waals surface area contributed by atoms with Crippen LogP contribution in [0.3, 0.4) is 0 Å². The molecule has 1 fully saturated rings. The van der Waals surface area contributed by atoms with E-state index in [0.29, 0.717) is 22.9 Å². The van der Waals surface area contributed by atoms with Crippen molar-refractivity contribution >= 4 is 22.8 Å². The van der Waals surface area contributed by atoms with Gasteiger partial charge in [0, 0.05) is 16.9 Å². The number of amides is 1. The highest BCUT2D eigenvalue weighted by Gasteiger charge is 2.46. The first kappa shape index (κ1) is 20.0. The minimum absolute atomic E-state index is 0.0135. The standard InChI is InChI=1S/C21H20F2N2O3S/c22-16-8-4-7-15(18(16)23)21-9-14(17(10-26)28-12-21)11-29-20(25-21)24-19(27)13-5-2-1-3-6-13/h1-8,14,17,26H,9-12H2,(H,24,25,27). The highest BCUT2D eigenvalue weighted by atomic mass is 32.2. The summed E-state index contributed by atoms with van der Waals surface area (Å²) in [6.45, 7) is -0.182. The predicted octanol–water partition coefficient (Wildman–Crippen LogP) is 3.09. The average Bonchev–Trinajstić information content (AvgIpc) is 2.88. The molecule has 29 heavy (non-hydrogen) atoms. The van der Waals surface area contributed by atoms with Gasteiger partial charge in [-0.15, -0.1) is 0 Å². The molecule has 2 N–H and O–H groups in total. The Labute approximate surface area is 171 Å². The minimum Gasteiger partial charge on any atom is -0.394 e. The fourth-order valence-corrected chi connectivity index (χ4v) is 4.91. The summed E-state index contributed by atoms with van der Waals surface area (Å²) >= 11 is 1.32. The molecule has 0 radical (unpaired) electrons. The lowest BCUT2D eigenvalue weighted by Crippen LogP contribution is -2.46. The number of aliphatic imine (C=N–C) groups is 1. The Balaban J connectivity index is 1.72. The van der Waals surface area contributed by atoms with Gasteiger partial charge in [0.25, 0.3) is 5.91 Å². The highest BCUT2D eigenvalue weighted by Crippen LogP contribution is 2.44. The van der Waals surface area contributed by atoms with E-state index in [0.717, 1.165) is 6.07 Å². The molecule has 8 heteroatoms. The van der Waals surface area contributed by atoms with E-state index in [-0.39, 0.29) is 30.6 Å². The molecule has 2 aromatic rings. The molecule has 2 heterocycles. The number of amidine groups is 1. The summed E-state index contributed by atoms with van der Waals surface area (Å²) in [6, 6.07) is 12.7. The second-order valence-electron chi connectivity index (χ2n) is 7.18. The zero-order valence-electron chi connectivity index (χ0n) is 15.5. The predicted molar refractivity (Wildman–Crippen MR) is 107 cm³/mol. The molecule has 0 saturated carbocycles. The van der Waals surface area contributed by atoms with E-state index < -0.39 is 23.3 Å². The zero-order chi connectivity index (χ0) is 20.4. The fraction of sp³-hybridized carbons (Fsp3) is 0.333. The van der Waals surface area contributed by atoms with Gasteiger partial charge in [0.05, 0.1) is 19.3 Å². The molecule has 2 aliphatic heterocycles. The molecule has 2 aromatic carbocycles. The third kappa shape index (κ3) is 3.92. The molecule has 1 saturated heterocycles. The highest BCUT2D eigenvalue weighted by molar-refractivity contribution is 8.13. The topological polar surface area (TPSA) is 70.9 Å². The summed E-state index contributed by atoms with van der Waals surface area (Å²) in [5, 5.41) is 12.7. The Morgan fingerprint density at radius 2 is 2.03 bits per heavy atom. The van der Waals surface area contributed by atoms with E-state index in [1.54, 1.807) is 24.3 Å². The molecular formula is C21H20F2N2O3S. The summed E-state index contributed by atoms with van der Waals surface area (Å²) in [5.41, 5.74) is -0.614. The van der Waals surface area contributed by atoms with Crippen molar-refractivity contribution < 1.29 is 23.4 Å². The van der Waals surface area contributed by atoms with Crippen molar-refractivity contribution in [3.63, 3.8) is 0 Å². The first-order valence-corrected chi connectivity index (χ1v) is 10.3. The van der Waals surface area contributed by atoms with Gasteiger partial charge < -0.3 is 15.2 Å². The Kier molecular flexibility index (Phi) is 5.67. The van der Waals surface area contributed by atoms with Crippen LogP contribution in [0.1, 0.15) is 22.3 Å². The maximum atomic E-state index is 14.7. The maximum Gasteiger partial charge on any atom is 0.257 e. The van der Waals surface area contributed by atoms with Gasteiger partial charge in [-0.1, -0.05) is 42.1 Å². The smallest absolute Gasteiger partial charge is 0.257 e. The molecule has 2 aliphatic rings. The van der Waals surface area contributed by atoms with Crippen LogP contribution in [0.2, 0.25) is 0 Å². The molecule has 3 unspecified atom stereocenters. The van der Waals surface area contributed by atoms with Gasteiger partial charge in [0.2, 0.25) is 0 Å². The SMILES string of the molecule is O=C(NC1=NC2(c3cccc(F)c3F)COC(CO)C(CS1)C2)c1ccccc1. The number of carbonyl (C=O) groups is 1. The molecule has 152 valence electrons. The second-order valence-corrected chi connectivity index (χ2v) is 8.19. The first-order valence-electron chi connectivity index (χ1n) is 9.28. The number of carbonyl (C=O) groups excluding carboxylic acids is 1. The quantitative estimate of drug-likeness (QED) is 0.804. The number of hydrogen-bond donors (Lipinski definition) is 2. The Hall–Kier alpha value is -2.29. The van der Waals surface area contributed by atoms with Gasteiger partial charge in [-0.3, -0.25) is 4.79 Å². The zero-order valence-corrected chi connectivity index (χ0v) is 16.3. The van der Waals surface area contributed by atoms with Crippen LogP contribution in [0.4, 0.5) is 8.78 Å². The third-order valence-electron chi connectivity index (χ3n) is 5.30. The maximum absolute atomic E-state index is 14.7. The third-order valence-corrected chi connectivity index (χ3v) is 6.36. The lowest BCUT2D eigenvalue weighted by molar-refractivity contribution is -0.0831. The molecule has 0 aromatic heterocycles. The molecule has 1 amide bonds. The molecule has 0 aliphatic carbocycles. The van der Waals surface area contributed by atoms with Gasteiger partial charge >= 0.3 is 0 Å². The van der Waals surface area contributed by atoms with Crippen molar-refractivity contribution in [2.45, 2.75) is 18.1 Å². The van der Waals surface area contributed by atoms with Crippen LogP contribution in [-0.2, 0) is 10.3 Å². The lowest BCUT2D eigenvalue weighted by Gasteiger charge is -2.40. The summed E-state index contributed by atoms with van der Waals surface area (Å²) in [4.78, 5) is 17.3. The molecule has 5 nitrogen and oxygen atoms in total. The fourth-order valence-electron chi connectivity index (χ4n) is 3.80. The van der Waals surface area contributed by atoms with Crippen LogP contribution in [0.15, 0.2) is 53.5 Å². The number of nitrogens with zero attached hydrogens (tertiary/aromatic N) is 1. The van der Waals surface area contributed by atoms with Gasteiger partial charge in [-0.05, 0) is 30.5 Å². The Bertz CT molecular complexity index is 941. The van der Waals surface area contributed by atoms with Crippen LogP contribution >= 0.6 is 11.8 Å². The van der Waals surface area contributed by atoms with Gasteiger partial charge in [0.15, 0.2) is 16.8 Å². The van der Waals surface area contributed by atoms with Crippen molar-refractivity contribution in [3.05, 3.63) is 71.3 Å². The minimum atomic E-state index is -1.18. The summed E-state index contributed by atoms with van der Waals surface area (Å²) < 4.78 is 34.4. The van der Waals surface area contributed by atoms with Crippen LogP contribution in [0, 0.1) is 17.6 Å². The second kappa shape index (κ2) is 8.22.